The van der Waals surface area contributed by atoms with Crippen molar-refractivity contribution in [3.05, 3.63) is 38.2 Å². The largest absolute Gasteiger partial charge is 0.346 e. The lowest BCUT2D eigenvalue weighted by molar-refractivity contribution is 0.0928. The maximum Gasteiger partial charge on any atom is 0.332 e. The van der Waals surface area contributed by atoms with Gasteiger partial charge in [-0.05, 0) is 37.3 Å². The molecule has 2 aromatic heterocycles. The minimum absolute atomic E-state index is 0.0669. The number of amides is 1. The predicted molar refractivity (Wildman–Crippen MR) is 90.0 cm³/mol. The molecule has 24 heavy (non-hydrogen) atoms. The van der Waals surface area contributed by atoms with Crippen molar-refractivity contribution in [2.45, 2.75) is 25.8 Å². The van der Waals surface area contributed by atoms with Gasteiger partial charge in [0.15, 0.2) is 0 Å². The molecule has 2 heterocycles. The molecule has 0 aromatic carbocycles. The summed E-state index contributed by atoms with van der Waals surface area (Å²) in [6.45, 7) is 2.11. The summed E-state index contributed by atoms with van der Waals surface area (Å²) in [5.74, 6) is 0.0904. The first-order valence-corrected chi connectivity index (χ1v) is 7.93. The number of fused-ring (bicyclic) bond motifs is 1. The lowest BCUT2D eigenvalue weighted by Gasteiger charge is -2.16. The van der Waals surface area contributed by atoms with Crippen molar-refractivity contribution in [1.29, 1.82) is 0 Å². The molecule has 1 aliphatic carbocycles. The molecule has 128 valence electrons. The van der Waals surface area contributed by atoms with Crippen LogP contribution >= 0.6 is 0 Å². The minimum atomic E-state index is -0.477. The molecule has 0 radical (unpaired) electrons. The SMILES string of the molecule is Cc1cc(C(=O)NC(CN)C2CC2)nc2c1c(=O)n(C)c(=O)n2C. The molecule has 2 aromatic rings. The molecule has 8 nitrogen and oxygen atoms in total. The van der Waals surface area contributed by atoms with Crippen LogP contribution in [0.4, 0.5) is 0 Å². The van der Waals surface area contributed by atoms with E-state index in [1.165, 1.54) is 18.7 Å². The van der Waals surface area contributed by atoms with Crippen molar-refractivity contribution in [1.82, 2.24) is 19.4 Å². The summed E-state index contributed by atoms with van der Waals surface area (Å²) in [7, 11) is 2.96. The van der Waals surface area contributed by atoms with Crippen LogP contribution in [0.25, 0.3) is 11.0 Å². The Morgan fingerprint density at radius 1 is 1.38 bits per heavy atom. The fourth-order valence-corrected chi connectivity index (χ4v) is 2.96. The van der Waals surface area contributed by atoms with Gasteiger partial charge >= 0.3 is 5.69 Å². The van der Waals surface area contributed by atoms with E-state index in [1.807, 2.05) is 0 Å². The van der Waals surface area contributed by atoms with Gasteiger partial charge in [-0.15, -0.1) is 0 Å². The molecule has 0 saturated heterocycles. The smallest absolute Gasteiger partial charge is 0.332 e. The van der Waals surface area contributed by atoms with Crippen LogP contribution in [0, 0.1) is 12.8 Å². The van der Waals surface area contributed by atoms with Crippen LogP contribution in [0.15, 0.2) is 15.7 Å². The lowest BCUT2D eigenvalue weighted by Crippen LogP contribution is -2.42. The number of hydrogen-bond acceptors (Lipinski definition) is 5. The second-order valence-electron chi connectivity index (χ2n) is 6.38. The summed E-state index contributed by atoms with van der Waals surface area (Å²) in [6.07, 6.45) is 2.13. The number of nitrogens with two attached hydrogens (primary N) is 1. The van der Waals surface area contributed by atoms with E-state index in [9.17, 15) is 14.4 Å². The zero-order valence-corrected chi connectivity index (χ0v) is 14.0. The summed E-state index contributed by atoms with van der Waals surface area (Å²) in [5, 5.41) is 3.24. The van der Waals surface area contributed by atoms with Crippen LogP contribution in [0.2, 0.25) is 0 Å². The number of hydrogen-bond donors (Lipinski definition) is 2. The first kappa shape index (κ1) is 16.4. The van der Waals surface area contributed by atoms with Crippen molar-refractivity contribution in [2.75, 3.05) is 6.54 Å². The van der Waals surface area contributed by atoms with Gasteiger partial charge in [-0.3, -0.25) is 18.7 Å². The van der Waals surface area contributed by atoms with E-state index in [0.29, 0.717) is 23.4 Å². The van der Waals surface area contributed by atoms with Crippen LogP contribution in [-0.2, 0) is 14.1 Å². The number of rotatable bonds is 4. The maximum atomic E-state index is 12.5. The molecule has 1 atom stereocenters. The normalized spacial score (nSPS) is 15.5. The predicted octanol–water partition coefficient (Wildman–Crippen LogP) is -0.592. The number of nitrogens with zero attached hydrogens (tertiary/aromatic N) is 3. The van der Waals surface area contributed by atoms with Crippen molar-refractivity contribution in [2.24, 2.45) is 25.7 Å². The van der Waals surface area contributed by atoms with Gasteiger partial charge in [0.25, 0.3) is 11.5 Å². The summed E-state index contributed by atoms with van der Waals surface area (Å²) in [5.41, 5.74) is 5.83. The van der Waals surface area contributed by atoms with E-state index in [1.54, 1.807) is 13.0 Å². The van der Waals surface area contributed by atoms with E-state index < -0.39 is 11.2 Å². The average Bonchev–Trinajstić information content (AvgIpc) is 3.39. The van der Waals surface area contributed by atoms with Gasteiger partial charge in [-0.2, -0.15) is 0 Å². The number of carbonyl (C=O) groups is 1. The third-order valence-corrected chi connectivity index (χ3v) is 4.60. The van der Waals surface area contributed by atoms with Crippen LogP contribution < -0.4 is 22.3 Å². The Balaban J connectivity index is 2.09. The summed E-state index contributed by atoms with van der Waals surface area (Å²) < 4.78 is 2.32. The summed E-state index contributed by atoms with van der Waals surface area (Å²) >= 11 is 0. The second kappa shape index (κ2) is 5.86. The molecule has 1 amide bonds. The van der Waals surface area contributed by atoms with Crippen LogP contribution in [0.3, 0.4) is 0 Å². The van der Waals surface area contributed by atoms with Gasteiger partial charge < -0.3 is 11.1 Å². The zero-order chi connectivity index (χ0) is 17.6. The molecule has 1 aliphatic rings. The molecule has 8 heteroatoms. The average molecular weight is 331 g/mol. The molecule has 0 aliphatic heterocycles. The monoisotopic (exact) mass is 331 g/mol. The van der Waals surface area contributed by atoms with E-state index in [0.717, 1.165) is 17.4 Å². The Kier molecular flexibility index (Phi) is 4.00. The number of nitrogens with one attached hydrogen (secondary N) is 1. The second-order valence-corrected chi connectivity index (χ2v) is 6.38. The standard InChI is InChI=1S/C16H21N5O3/c1-8-6-10(14(22)19-11(7-17)9-4-5-9)18-13-12(8)15(23)21(3)16(24)20(13)2/h6,9,11H,4-5,7,17H2,1-3H3,(H,19,22). The molecule has 1 unspecified atom stereocenters. The number of aromatic nitrogens is 3. The van der Waals surface area contributed by atoms with Crippen molar-refractivity contribution >= 4 is 16.9 Å². The fraction of sp³-hybridized carbons (Fsp3) is 0.500. The molecular formula is C16H21N5O3. The van der Waals surface area contributed by atoms with Gasteiger partial charge in [0.1, 0.15) is 11.3 Å². The van der Waals surface area contributed by atoms with Crippen LogP contribution in [-0.4, -0.2) is 32.6 Å². The highest BCUT2D eigenvalue weighted by molar-refractivity contribution is 5.95. The molecule has 0 spiro atoms. The van der Waals surface area contributed by atoms with Gasteiger partial charge in [-0.25, -0.2) is 9.78 Å². The first-order valence-electron chi connectivity index (χ1n) is 7.93. The lowest BCUT2D eigenvalue weighted by atomic mass is 10.1. The van der Waals surface area contributed by atoms with Crippen molar-refractivity contribution in [3.8, 4) is 0 Å². The third kappa shape index (κ3) is 2.62. The fourth-order valence-electron chi connectivity index (χ4n) is 2.96. The number of aryl methyl sites for hydroxylation is 2. The quantitative estimate of drug-likeness (QED) is 0.777. The molecule has 1 fully saturated rings. The zero-order valence-electron chi connectivity index (χ0n) is 14.0. The highest BCUT2D eigenvalue weighted by Crippen LogP contribution is 2.32. The maximum absolute atomic E-state index is 12.5. The molecule has 3 N–H and O–H groups in total. The minimum Gasteiger partial charge on any atom is -0.346 e. The summed E-state index contributed by atoms with van der Waals surface area (Å²) in [4.78, 5) is 41.2. The Labute approximate surface area is 138 Å². The third-order valence-electron chi connectivity index (χ3n) is 4.60. The van der Waals surface area contributed by atoms with E-state index in [2.05, 4.69) is 10.3 Å². The topological polar surface area (TPSA) is 112 Å². The Morgan fingerprint density at radius 3 is 2.62 bits per heavy atom. The molecule has 0 bridgehead atoms. The highest BCUT2D eigenvalue weighted by Gasteiger charge is 2.31. The van der Waals surface area contributed by atoms with Gasteiger partial charge in [0, 0.05) is 26.7 Å². The Bertz CT molecular complexity index is 939. The van der Waals surface area contributed by atoms with Gasteiger partial charge in [0.2, 0.25) is 0 Å². The first-order chi connectivity index (χ1) is 11.3. The van der Waals surface area contributed by atoms with E-state index in [-0.39, 0.29) is 23.3 Å². The van der Waals surface area contributed by atoms with Gasteiger partial charge in [-0.1, -0.05) is 0 Å². The van der Waals surface area contributed by atoms with Crippen LogP contribution in [0.5, 0.6) is 0 Å². The van der Waals surface area contributed by atoms with E-state index in [4.69, 9.17) is 5.73 Å². The van der Waals surface area contributed by atoms with Crippen molar-refractivity contribution < 1.29 is 4.79 Å². The molecule has 3 rings (SSSR count). The van der Waals surface area contributed by atoms with Gasteiger partial charge in [0.05, 0.1) is 5.39 Å². The molecular weight excluding hydrogens is 310 g/mol. The Hall–Kier alpha value is -2.48. The van der Waals surface area contributed by atoms with E-state index >= 15 is 0 Å². The summed E-state index contributed by atoms with van der Waals surface area (Å²) in [6, 6.07) is 1.51. The molecule has 1 saturated carbocycles. The Morgan fingerprint density at radius 2 is 2.04 bits per heavy atom. The number of pyridine rings is 1. The highest BCUT2D eigenvalue weighted by atomic mass is 16.2. The number of carbonyl (C=O) groups excluding carboxylic acids is 1. The van der Waals surface area contributed by atoms with Crippen LogP contribution in [0.1, 0.15) is 28.9 Å². The van der Waals surface area contributed by atoms with Crippen molar-refractivity contribution in [3.63, 3.8) is 0 Å².